The van der Waals surface area contributed by atoms with Crippen molar-refractivity contribution in [2.45, 2.75) is 19.9 Å². The summed E-state index contributed by atoms with van der Waals surface area (Å²) < 4.78 is 5.81. The summed E-state index contributed by atoms with van der Waals surface area (Å²) >= 11 is 7.71. The summed E-state index contributed by atoms with van der Waals surface area (Å²) in [7, 11) is 0. The Morgan fingerprint density at radius 3 is 2.88 bits per heavy atom. The second kappa shape index (κ2) is 7.15. The molecular formula is C17H16ClN3O2S. The number of carbonyl (C=O) groups excluding carboxylic acids is 1. The number of rotatable bonds is 4. The molecule has 1 aliphatic heterocycles. The van der Waals surface area contributed by atoms with Gasteiger partial charge in [0.05, 0.1) is 16.5 Å². The number of halogens is 1. The molecule has 0 bridgehead atoms. The van der Waals surface area contributed by atoms with Gasteiger partial charge in [-0.25, -0.2) is 4.79 Å². The number of amidine groups is 1. The highest BCUT2D eigenvalue weighted by Crippen LogP contribution is 2.38. The zero-order valence-electron chi connectivity index (χ0n) is 13.2. The third kappa shape index (κ3) is 3.20. The zero-order valence-corrected chi connectivity index (χ0v) is 14.8. The van der Waals surface area contributed by atoms with Gasteiger partial charge in [0.2, 0.25) is 0 Å². The van der Waals surface area contributed by atoms with Gasteiger partial charge in [-0.1, -0.05) is 17.7 Å². The standard InChI is InChI=1S/C17H16ClN3O2S/c1-3-23-17(22)13-10(2)20-16(12-6-4-5-8-19-12)21-14(13)11-7-9-24-15(11)18/h4-9,14H,3H2,1-2H3,(H,20,21). The lowest BCUT2D eigenvalue weighted by atomic mass is 9.98. The molecule has 0 saturated heterocycles. The third-order valence-electron chi connectivity index (χ3n) is 3.59. The van der Waals surface area contributed by atoms with Crippen molar-refractivity contribution in [3.8, 4) is 0 Å². The van der Waals surface area contributed by atoms with E-state index in [2.05, 4.69) is 10.3 Å². The molecule has 24 heavy (non-hydrogen) atoms. The van der Waals surface area contributed by atoms with Crippen molar-refractivity contribution in [2.24, 2.45) is 4.99 Å². The molecule has 5 nitrogen and oxygen atoms in total. The van der Waals surface area contributed by atoms with Crippen LogP contribution in [0.3, 0.4) is 0 Å². The molecule has 0 aromatic carbocycles. The topological polar surface area (TPSA) is 63.6 Å². The number of carbonyl (C=O) groups is 1. The van der Waals surface area contributed by atoms with Crippen molar-refractivity contribution in [1.29, 1.82) is 0 Å². The number of pyridine rings is 1. The van der Waals surface area contributed by atoms with Crippen molar-refractivity contribution >= 4 is 34.7 Å². The van der Waals surface area contributed by atoms with E-state index in [1.807, 2.05) is 36.6 Å². The Balaban J connectivity index is 2.08. The molecule has 2 aromatic heterocycles. The number of thiophene rings is 1. The Labute approximate surface area is 149 Å². The summed E-state index contributed by atoms with van der Waals surface area (Å²) in [4.78, 5) is 21.4. The van der Waals surface area contributed by atoms with Crippen LogP contribution in [-0.4, -0.2) is 23.4 Å². The van der Waals surface area contributed by atoms with E-state index in [1.54, 1.807) is 13.1 Å². The summed E-state index contributed by atoms with van der Waals surface area (Å²) in [5, 5.41) is 5.04. The lowest BCUT2D eigenvalue weighted by Crippen LogP contribution is -2.33. The van der Waals surface area contributed by atoms with Gasteiger partial charge in [-0.15, -0.1) is 11.3 Å². The van der Waals surface area contributed by atoms with Crippen LogP contribution in [0.1, 0.15) is 31.1 Å². The molecule has 7 heteroatoms. The Bertz CT molecular complexity index is 814. The average Bonchev–Trinajstić information content (AvgIpc) is 3.01. The average molecular weight is 362 g/mol. The molecule has 1 atom stereocenters. The molecule has 124 valence electrons. The first-order valence-electron chi connectivity index (χ1n) is 7.48. The number of hydrogen-bond donors (Lipinski definition) is 1. The number of esters is 1. The molecule has 0 aliphatic carbocycles. The van der Waals surface area contributed by atoms with Crippen LogP contribution in [-0.2, 0) is 9.53 Å². The maximum atomic E-state index is 12.4. The normalized spacial score (nSPS) is 17.3. The van der Waals surface area contributed by atoms with Crippen LogP contribution < -0.4 is 5.32 Å². The summed E-state index contributed by atoms with van der Waals surface area (Å²) in [6.07, 6.45) is 1.70. The van der Waals surface area contributed by atoms with Gasteiger partial charge >= 0.3 is 5.97 Å². The van der Waals surface area contributed by atoms with Crippen LogP contribution >= 0.6 is 22.9 Å². The van der Waals surface area contributed by atoms with E-state index in [4.69, 9.17) is 21.3 Å². The monoisotopic (exact) mass is 361 g/mol. The van der Waals surface area contributed by atoms with E-state index in [9.17, 15) is 4.79 Å². The molecule has 2 aromatic rings. The number of aliphatic imine (C=N–C) groups is 1. The first kappa shape index (κ1) is 16.7. The van der Waals surface area contributed by atoms with Gasteiger partial charge in [0, 0.05) is 17.5 Å². The zero-order chi connectivity index (χ0) is 17.1. The molecule has 3 rings (SSSR count). The first-order valence-corrected chi connectivity index (χ1v) is 8.74. The molecule has 0 fully saturated rings. The van der Waals surface area contributed by atoms with Gasteiger partial charge in [0.15, 0.2) is 5.84 Å². The minimum absolute atomic E-state index is 0.302. The Morgan fingerprint density at radius 1 is 1.42 bits per heavy atom. The van der Waals surface area contributed by atoms with E-state index >= 15 is 0 Å². The van der Waals surface area contributed by atoms with Gasteiger partial charge in [0.1, 0.15) is 11.7 Å². The number of nitrogens with zero attached hydrogens (tertiary/aromatic N) is 2. The lowest BCUT2D eigenvalue weighted by Gasteiger charge is -2.25. The number of aromatic nitrogens is 1. The van der Waals surface area contributed by atoms with E-state index in [0.29, 0.717) is 33.7 Å². The van der Waals surface area contributed by atoms with Crippen LogP contribution in [0.4, 0.5) is 0 Å². The van der Waals surface area contributed by atoms with E-state index < -0.39 is 12.0 Å². The van der Waals surface area contributed by atoms with Gasteiger partial charge in [-0.2, -0.15) is 0 Å². The van der Waals surface area contributed by atoms with Crippen molar-refractivity contribution in [1.82, 2.24) is 10.3 Å². The third-order valence-corrected chi connectivity index (χ3v) is 4.79. The highest BCUT2D eigenvalue weighted by Gasteiger charge is 2.32. The molecule has 1 aliphatic rings. The van der Waals surface area contributed by atoms with Crippen LogP contribution in [0.2, 0.25) is 4.34 Å². The van der Waals surface area contributed by atoms with Gasteiger partial charge in [0.25, 0.3) is 0 Å². The Hall–Kier alpha value is -2.18. The minimum Gasteiger partial charge on any atom is -0.463 e. The number of hydrogen-bond acceptors (Lipinski definition) is 6. The number of ether oxygens (including phenoxy) is 1. The summed E-state index contributed by atoms with van der Waals surface area (Å²) in [6.45, 7) is 3.91. The fraction of sp³-hybridized carbons (Fsp3) is 0.235. The Morgan fingerprint density at radius 2 is 2.25 bits per heavy atom. The van der Waals surface area contributed by atoms with Gasteiger partial charge in [-0.05, 0) is 37.4 Å². The molecule has 0 spiro atoms. The van der Waals surface area contributed by atoms with E-state index in [0.717, 1.165) is 5.56 Å². The van der Waals surface area contributed by atoms with E-state index in [1.165, 1.54) is 11.3 Å². The van der Waals surface area contributed by atoms with Crippen molar-refractivity contribution < 1.29 is 9.53 Å². The first-order chi connectivity index (χ1) is 11.6. The van der Waals surface area contributed by atoms with Crippen molar-refractivity contribution in [2.75, 3.05) is 6.61 Å². The Kier molecular flexibility index (Phi) is 4.97. The van der Waals surface area contributed by atoms with Crippen molar-refractivity contribution in [3.05, 3.63) is 62.7 Å². The molecule has 3 heterocycles. The molecule has 0 saturated carbocycles. The number of allylic oxidation sites excluding steroid dienone is 1. The van der Waals surface area contributed by atoms with Gasteiger partial charge in [-0.3, -0.25) is 9.98 Å². The summed E-state index contributed by atoms with van der Waals surface area (Å²) in [5.74, 6) is 0.215. The maximum Gasteiger partial charge on any atom is 0.338 e. The molecule has 0 amide bonds. The second-order valence-electron chi connectivity index (χ2n) is 5.13. The van der Waals surface area contributed by atoms with Crippen LogP contribution in [0.25, 0.3) is 0 Å². The van der Waals surface area contributed by atoms with Crippen LogP contribution in [0, 0.1) is 0 Å². The largest absolute Gasteiger partial charge is 0.463 e. The SMILES string of the molecule is CCOC(=O)C1=C(C)NC(c2ccccn2)=NC1c1ccsc1Cl. The quantitative estimate of drug-likeness (QED) is 0.843. The van der Waals surface area contributed by atoms with Crippen LogP contribution in [0.15, 0.2) is 52.1 Å². The maximum absolute atomic E-state index is 12.4. The predicted molar refractivity (Wildman–Crippen MR) is 95.3 cm³/mol. The fourth-order valence-electron chi connectivity index (χ4n) is 2.51. The highest BCUT2D eigenvalue weighted by atomic mass is 35.5. The molecule has 1 unspecified atom stereocenters. The smallest absolute Gasteiger partial charge is 0.338 e. The summed E-state index contributed by atoms with van der Waals surface area (Å²) in [6, 6.07) is 6.96. The molecule has 0 radical (unpaired) electrons. The fourth-order valence-corrected chi connectivity index (χ4v) is 3.48. The van der Waals surface area contributed by atoms with E-state index in [-0.39, 0.29) is 0 Å². The molecular weight excluding hydrogens is 346 g/mol. The minimum atomic E-state index is -0.513. The van der Waals surface area contributed by atoms with Crippen LogP contribution in [0.5, 0.6) is 0 Å². The highest BCUT2D eigenvalue weighted by molar-refractivity contribution is 7.14. The second-order valence-corrected chi connectivity index (χ2v) is 6.65. The summed E-state index contributed by atoms with van der Waals surface area (Å²) in [5.41, 5.74) is 2.66. The van der Waals surface area contributed by atoms with Gasteiger partial charge < -0.3 is 10.1 Å². The lowest BCUT2D eigenvalue weighted by molar-refractivity contribution is -0.138. The molecule has 1 N–H and O–H groups in total. The predicted octanol–water partition coefficient (Wildman–Crippen LogP) is 3.72. The number of nitrogens with one attached hydrogen (secondary N) is 1. The van der Waals surface area contributed by atoms with Crippen molar-refractivity contribution in [3.63, 3.8) is 0 Å².